The maximum atomic E-state index is 12.8. The monoisotopic (exact) mass is 930 g/mol. The van der Waals surface area contributed by atoms with Gasteiger partial charge in [0.05, 0.1) is 40.3 Å². The largest absolute Gasteiger partial charge is 0.545 e. The Bertz CT molecular complexity index is 1220. The summed E-state index contributed by atoms with van der Waals surface area (Å²) in [5, 5.41) is 11.7. The fourth-order valence-corrected chi connectivity index (χ4v) is 7.65. The molecule has 0 saturated carbocycles. The number of likely N-dealkylation sites (N-methyl/N-ethyl adjacent to an activating group) is 1. The van der Waals surface area contributed by atoms with E-state index in [1.54, 1.807) is 0 Å². The average Bonchev–Trinajstić information content (AvgIpc) is 3.28. The third kappa shape index (κ3) is 49.2. The molecule has 0 N–H and O–H groups in total. The highest BCUT2D eigenvalue weighted by Gasteiger charge is 2.22. The predicted octanol–water partition coefficient (Wildman–Crippen LogP) is 14.2. The van der Waals surface area contributed by atoms with Gasteiger partial charge in [0.15, 0.2) is 12.4 Å². The Morgan fingerprint density at radius 3 is 1.29 bits per heavy atom. The van der Waals surface area contributed by atoms with E-state index in [4.69, 9.17) is 18.9 Å². The number of esters is 2. The van der Waals surface area contributed by atoms with E-state index in [0.717, 1.165) is 57.8 Å². The topological polar surface area (TPSA) is 111 Å². The molecule has 0 radical (unpaired) electrons. The summed E-state index contributed by atoms with van der Waals surface area (Å²) in [7, 11) is 5.91. The summed E-state index contributed by atoms with van der Waals surface area (Å²) in [6.07, 6.45) is 56.2. The Morgan fingerprint density at radius 2 is 0.864 bits per heavy atom. The minimum Gasteiger partial charge on any atom is -0.545 e. The van der Waals surface area contributed by atoms with E-state index < -0.39 is 24.3 Å². The van der Waals surface area contributed by atoms with E-state index in [-0.39, 0.29) is 32.2 Å². The van der Waals surface area contributed by atoms with Crippen molar-refractivity contribution in [3.63, 3.8) is 0 Å². The van der Waals surface area contributed by atoms with Crippen LogP contribution < -0.4 is 5.11 Å². The number of nitrogens with zero attached hydrogens (tertiary/aromatic N) is 1. The van der Waals surface area contributed by atoms with Crippen molar-refractivity contribution in [2.24, 2.45) is 0 Å². The van der Waals surface area contributed by atoms with Crippen LogP contribution in [0.5, 0.6) is 0 Å². The number of rotatable bonds is 50. The standard InChI is InChI=1S/C57H103NO8/c1-6-8-10-12-14-16-17-18-19-20-21-22-23-24-25-26-27-28-29-30-31-32-33-34-35-36-37-38-39-40-42-44-46-48-55(60)66-53(52-65-57(56(61)62)63-50-49-58(3,4)5)51-64-54(59)47-45-43-41-15-13-11-9-7-2/h8,10,14,16,18-19,21-22,53,57H,6-7,9,11-13,15,17,20,23-52H2,1-5H3/b10-8-,16-14-,19-18-,22-21-. The number of aliphatic carboxylic acids is 1. The Balaban J connectivity index is 3.98. The second-order valence-electron chi connectivity index (χ2n) is 19.5. The normalized spacial score (nSPS) is 13.2. The van der Waals surface area contributed by atoms with E-state index >= 15 is 0 Å². The number of carbonyl (C=O) groups is 3. The molecule has 0 aliphatic heterocycles. The molecular weight excluding hydrogens is 827 g/mol. The van der Waals surface area contributed by atoms with Crippen molar-refractivity contribution < 1.29 is 42.9 Å². The van der Waals surface area contributed by atoms with Gasteiger partial charge in [0.2, 0.25) is 0 Å². The van der Waals surface area contributed by atoms with Crippen molar-refractivity contribution >= 4 is 17.9 Å². The second kappa shape index (κ2) is 48.7. The molecule has 0 aromatic heterocycles. The van der Waals surface area contributed by atoms with Gasteiger partial charge in [-0.3, -0.25) is 9.59 Å². The molecule has 9 heteroatoms. The molecule has 2 atom stereocenters. The van der Waals surface area contributed by atoms with Gasteiger partial charge in [-0.15, -0.1) is 0 Å². The number of allylic oxidation sites excluding steroid dienone is 8. The van der Waals surface area contributed by atoms with Crippen molar-refractivity contribution in [3.8, 4) is 0 Å². The van der Waals surface area contributed by atoms with E-state index in [2.05, 4.69) is 62.5 Å². The van der Waals surface area contributed by atoms with Crippen LogP contribution in [0.2, 0.25) is 0 Å². The van der Waals surface area contributed by atoms with E-state index in [1.807, 2.05) is 21.1 Å². The summed E-state index contributed by atoms with van der Waals surface area (Å²) in [6, 6.07) is 0. The molecular formula is C57H103NO8. The molecule has 0 fully saturated rings. The summed E-state index contributed by atoms with van der Waals surface area (Å²) >= 11 is 0. The first kappa shape index (κ1) is 63.2. The molecule has 0 amide bonds. The van der Waals surface area contributed by atoms with Crippen LogP contribution >= 0.6 is 0 Å². The summed E-state index contributed by atoms with van der Waals surface area (Å²) < 4.78 is 22.6. The Hall–Kier alpha value is -2.75. The van der Waals surface area contributed by atoms with Crippen LogP contribution in [0, 0.1) is 0 Å². The lowest BCUT2D eigenvalue weighted by Crippen LogP contribution is -2.44. The summed E-state index contributed by atoms with van der Waals surface area (Å²) in [5.74, 6) is -2.28. The molecule has 9 nitrogen and oxygen atoms in total. The third-order valence-corrected chi connectivity index (χ3v) is 11.8. The lowest BCUT2D eigenvalue weighted by atomic mass is 10.0. The maximum Gasteiger partial charge on any atom is 0.306 e. The van der Waals surface area contributed by atoms with Gasteiger partial charge in [-0.05, 0) is 51.4 Å². The van der Waals surface area contributed by atoms with Crippen molar-refractivity contribution in [2.45, 2.75) is 251 Å². The van der Waals surface area contributed by atoms with Crippen LogP contribution in [0.25, 0.3) is 0 Å². The predicted molar refractivity (Wildman–Crippen MR) is 274 cm³/mol. The molecule has 66 heavy (non-hydrogen) atoms. The molecule has 0 heterocycles. The Kier molecular flexibility index (Phi) is 46.7. The van der Waals surface area contributed by atoms with Gasteiger partial charge in [0.1, 0.15) is 13.2 Å². The van der Waals surface area contributed by atoms with Crippen LogP contribution in [0.1, 0.15) is 239 Å². The summed E-state index contributed by atoms with van der Waals surface area (Å²) in [4.78, 5) is 37.0. The van der Waals surface area contributed by atoms with Crippen LogP contribution in [0.15, 0.2) is 48.6 Å². The molecule has 0 aliphatic rings. The number of hydrogen-bond acceptors (Lipinski definition) is 8. The smallest absolute Gasteiger partial charge is 0.306 e. The Morgan fingerprint density at radius 1 is 0.470 bits per heavy atom. The zero-order valence-electron chi connectivity index (χ0n) is 43.6. The minimum atomic E-state index is -1.62. The van der Waals surface area contributed by atoms with E-state index in [1.165, 1.54) is 148 Å². The molecule has 0 spiro atoms. The summed E-state index contributed by atoms with van der Waals surface area (Å²) in [5.41, 5.74) is 0. The Labute approximate surface area is 406 Å². The molecule has 0 aliphatic carbocycles. The zero-order chi connectivity index (χ0) is 48.4. The maximum absolute atomic E-state index is 12.8. The average molecular weight is 930 g/mol. The van der Waals surface area contributed by atoms with Gasteiger partial charge in [-0.1, -0.05) is 223 Å². The third-order valence-electron chi connectivity index (χ3n) is 11.8. The lowest BCUT2D eigenvalue weighted by molar-refractivity contribution is -0.870. The number of unbranched alkanes of at least 4 members (excludes halogenated alkanes) is 27. The van der Waals surface area contributed by atoms with Crippen LogP contribution in [0.3, 0.4) is 0 Å². The highest BCUT2D eigenvalue weighted by atomic mass is 16.7. The number of carboxylic acids is 1. The van der Waals surface area contributed by atoms with Crippen molar-refractivity contribution in [3.05, 3.63) is 48.6 Å². The first-order valence-electron chi connectivity index (χ1n) is 27.3. The van der Waals surface area contributed by atoms with Gasteiger partial charge in [-0.25, -0.2) is 0 Å². The molecule has 0 bridgehead atoms. The number of quaternary nitrogens is 1. The fraction of sp³-hybridized carbons (Fsp3) is 0.807. The van der Waals surface area contributed by atoms with Gasteiger partial charge in [0.25, 0.3) is 0 Å². The zero-order valence-corrected chi connectivity index (χ0v) is 43.6. The van der Waals surface area contributed by atoms with E-state index in [0.29, 0.717) is 23.9 Å². The minimum absolute atomic E-state index is 0.150. The number of ether oxygens (including phenoxy) is 4. The lowest BCUT2D eigenvalue weighted by Gasteiger charge is -2.26. The van der Waals surface area contributed by atoms with Gasteiger partial charge < -0.3 is 33.3 Å². The van der Waals surface area contributed by atoms with Crippen LogP contribution in [-0.4, -0.2) is 82.3 Å². The SMILES string of the molecule is CC/C=C\C/C=C\C/C=C\C/C=C\CCCCCCCCCCCCCCCCCCCCCCC(=O)OC(COC(=O)CCCCCCCCCC)COC(OCC[N+](C)(C)C)C(=O)[O-]. The van der Waals surface area contributed by atoms with Gasteiger partial charge >= 0.3 is 11.9 Å². The highest BCUT2D eigenvalue weighted by molar-refractivity contribution is 5.70. The van der Waals surface area contributed by atoms with E-state index in [9.17, 15) is 19.5 Å². The van der Waals surface area contributed by atoms with Crippen LogP contribution in [-0.2, 0) is 33.3 Å². The molecule has 0 aromatic carbocycles. The second-order valence-corrected chi connectivity index (χ2v) is 19.5. The fourth-order valence-electron chi connectivity index (χ4n) is 7.65. The highest BCUT2D eigenvalue weighted by Crippen LogP contribution is 2.16. The molecule has 0 aromatic rings. The summed E-state index contributed by atoms with van der Waals surface area (Å²) in [6.45, 7) is 4.61. The molecule has 2 unspecified atom stereocenters. The number of hydrogen-bond donors (Lipinski definition) is 0. The van der Waals surface area contributed by atoms with Crippen molar-refractivity contribution in [1.29, 1.82) is 0 Å². The van der Waals surface area contributed by atoms with Crippen LogP contribution in [0.4, 0.5) is 0 Å². The van der Waals surface area contributed by atoms with Crippen molar-refractivity contribution in [2.75, 3.05) is 47.5 Å². The number of carbonyl (C=O) groups excluding carboxylic acids is 3. The van der Waals surface area contributed by atoms with Crippen molar-refractivity contribution in [1.82, 2.24) is 0 Å². The number of carboxylic acid groups (broad SMARTS) is 1. The first-order valence-corrected chi connectivity index (χ1v) is 27.3. The van der Waals surface area contributed by atoms with Gasteiger partial charge in [0, 0.05) is 12.8 Å². The first-order chi connectivity index (χ1) is 32.1. The quantitative estimate of drug-likeness (QED) is 0.0195. The molecule has 0 rings (SSSR count). The molecule has 384 valence electrons. The van der Waals surface area contributed by atoms with Gasteiger partial charge in [-0.2, -0.15) is 0 Å². The molecule has 0 saturated heterocycles.